The molecule has 0 atom stereocenters. The minimum atomic E-state index is -0.0684. The molecule has 0 fully saturated rings. The van der Waals surface area contributed by atoms with Gasteiger partial charge in [-0.05, 0) is 30.2 Å². The van der Waals surface area contributed by atoms with Gasteiger partial charge in [-0.15, -0.1) is 0 Å². The number of carbonyl (C=O) groups is 1. The molecule has 94 valence electrons. The van der Waals surface area contributed by atoms with Crippen LogP contribution in [-0.2, 0) is 11.2 Å². The van der Waals surface area contributed by atoms with E-state index in [4.69, 9.17) is 9.84 Å². The lowest BCUT2D eigenvalue weighted by Gasteiger charge is -2.09. The number of carbonyl (C=O) groups excluding carboxylic acids is 1. The molecular weight excluding hydrogens is 286 g/mol. The highest BCUT2D eigenvalue weighted by Gasteiger charge is 2.06. The van der Waals surface area contributed by atoms with Crippen molar-refractivity contribution >= 4 is 21.8 Å². The molecule has 1 rings (SSSR count). The van der Waals surface area contributed by atoms with E-state index in [-0.39, 0.29) is 12.5 Å². The first-order valence-electron chi connectivity index (χ1n) is 5.37. The number of nitrogens with one attached hydrogen (secondary N) is 1. The molecule has 0 unspecified atom stereocenters. The fourth-order valence-corrected chi connectivity index (χ4v) is 1.88. The summed E-state index contributed by atoms with van der Waals surface area (Å²) >= 11 is 3.39. The second-order valence-electron chi connectivity index (χ2n) is 3.53. The topological polar surface area (TPSA) is 58.6 Å². The van der Waals surface area contributed by atoms with E-state index in [2.05, 4.69) is 21.2 Å². The van der Waals surface area contributed by atoms with Crippen molar-refractivity contribution < 1.29 is 14.6 Å². The fraction of sp³-hybridized carbons (Fsp3) is 0.417. The van der Waals surface area contributed by atoms with E-state index in [0.29, 0.717) is 19.4 Å². The number of aliphatic hydroxyl groups excluding tert-OH is 1. The summed E-state index contributed by atoms with van der Waals surface area (Å²) in [6.45, 7) is 0.264. The average molecular weight is 302 g/mol. The molecule has 0 aliphatic rings. The zero-order valence-corrected chi connectivity index (χ0v) is 11.3. The maximum absolute atomic E-state index is 11.4. The fourth-order valence-electron chi connectivity index (χ4n) is 1.47. The first-order valence-corrected chi connectivity index (χ1v) is 6.16. The first kappa shape index (κ1) is 14.0. The number of benzene rings is 1. The molecule has 0 aliphatic heterocycles. The highest BCUT2D eigenvalue weighted by molar-refractivity contribution is 9.10. The smallest absolute Gasteiger partial charge is 0.220 e. The van der Waals surface area contributed by atoms with Gasteiger partial charge in [0.1, 0.15) is 5.75 Å². The summed E-state index contributed by atoms with van der Waals surface area (Å²) in [5.41, 5.74) is 0.987. The maximum Gasteiger partial charge on any atom is 0.220 e. The number of aliphatic hydroxyl groups is 1. The van der Waals surface area contributed by atoms with Gasteiger partial charge in [0.05, 0.1) is 13.7 Å². The van der Waals surface area contributed by atoms with Gasteiger partial charge in [-0.1, -0.05) is 15.9 Å². The van der Waals surface area contributed by atoms with Gasteiger partial charge in [0.15, 0.2) is 0 Å². The second-order valence-corrected chi connectivity index (χ2v) is 4.45. The quantitative estimate of drug-likeness (QED) is 0.837. The van der Waals surface area contributed by atoms with Gasteiger partial charge in [-0.2, -0.15) is 0 Å². The van der Waals surface area contributed by atoms with Crippen LogP contribution in [0.25, 0.3) is 0 Å². The summed E-state index contributed by atoms with van der Waals surface area (Å²) in [5.74, 6) is 0.712. The Morgan fingerprint density at radius 2 is 2.29 bits per heavy atom. The highest BCUT2D eigenvalue weighted by atomic mass is 79.9. The third-order valence-corrected chi connectivity index (χ3v) is 2.79. The molecule has 0 saturated carbocycles. The van der Waals surface area contributed by atoms with Crippen molar-refractivity contribution in [2.24, 2.45) is 0 Å². The van der Waals surface area contributed by atoms with Gasteiger partial charge < -0.3 is 15.2 Å². The Hall–Kier alpha value is -1.07. The van der Waals surface area contributed by atoms with Crippen LogP contribution in [0.15, 0.2) is 22.7 Å². The Morgan fingerprint density at radius 1 is 1.53 bits per heavy atom. The monoisotopic (exact) mass is 301 g/mol. The van der Waals surface area contributed by atoms with Crippen LogP contribution in [0.5, 0.6) is 5.75 Å². The van der Waals surface area contributed by atoms with Crippen molar-refractivity contribution in [3.8, 4) is 5.75 Å². The molecule has 0 aromatic heterocycles. The first-order chi connectivity index (χ1) is 8.17. The molecule has 0 saturated heterocycles. The van der Waals surface area contributed by atoms with Crippen LogP contribution in [0, 0.1) is 0 Å². The lowest BCUT2D eigenvalue weighted by Crippen LogP contribution is -2.26. The molecule has 5 heteroatoms. The average Bonchev–Trinajstić information content (AvgIpc) is 2.34. The maximum atomic E-state index is 11.4. The number of halogens is 1. The van der Waals surface area contributed by atoms with Gasteiger partial charge in [0.2, 0.25) is 5.91 Å². The summed E-state index contributed by atoms with van der Waals surface area (Å²) in [7, 11) is 1.61. The van der Waals surface area contributed by atoms with Gasteiger partial charge in [0.25, 0.3) is 0 Å². The predicted octanol–water partition coefficient (Wildman–Crippen LogP) is 1.50. The summed E-state index contributed by atoms with van der Waals surface area (Å²) in [4.78, 5) is 11.4. The summed E-state index contributed by atoms with van der Waals surface area (Å²) in [6.07, 6.45) is 0.993. The third kappa shape index (κ3) is 4.75. The Labute approximate surface area is 109 Å². The van der Waals surface area contributed by atoms with E-state index in [0.717, 1.165) is 15.8 Å². The largest absolute Gasteiger partial charge is 0.496 e. The van der Waals surface area contributed by atoms with Crippen LogP contribution >= 0.6 is 15.9 Å². The molecule has 0 radical (unpaired) electrons. The van der Waals surface area contributed by atoms with Crippen molar-refractivity contribution in [3.63, 3.8) is 0 Å². The van der Waals surface area contributed by atoms with Crippen LogP contribution in [-0.4, -0.2) is 31.3 Å². The van der Waals surface area contributed by atoms with Crippen LogP contribution < -0.4 is 10.1 Å². The third-order valence-electron chi connectivity index (χ3n) is 2.30. The molecule has 1 aromatic rings. The minimum Gasteiger partial charge on any atom is -0.496 e. The van der Waals surface area contributed by atoms with Gasteiger partial charge >= 0.3 is 0 Å². The van der Waals surface area contributed by atoms with Crippen molar-refractivity contribution in [2.45, 2.75) is 12.8 Å². The summed E-state index contributed by atoms with van der Waals surface area (Å²) in [6, 6.07) is 5.71. The number of methoxy groups -OCH3 is 1. The van der Waals surface area contributed by atoms with E-state index in [1.807, 2.05) is 18.2 Å². The van der Waals surface area contributed by atoms with Gasteiger partial charge in [-0.25, -0.2) is 0 Å². The normalized spacial score (nSPS) is 10.1. The van der Waals surface area contributed by atoms with E-state index in [1.54, 1.807) is 7.11 Å². The highest BCUT2D eigenvalue weighted by Crippen LogP contribution is 2.23. The lowest BCUT2D eigenvalue weighted by atomic mass is 10.1. The summed E-state index contributed by atoms with van der Waals surface area (Å²) in [5, 5.41) is 11.2. The minimum absolute atomic E-state index is 0.0358. The van der Waals surface area contributed by atoms with Crippen molar-refractivity contribution in [2.75, 3.05) is 20.3 Å². The lowest BCUT2D eigenvalue weighted by molar-refractivity contribution is -0.121. The SMILES string of the molecule is COc1ccc(Br)cc1CCC(=O)NCCO. The predicted molar refractivity (Wildman–Crippen MR) is 69.1 cm³/mol. The van der Waals surface area contributed by atoms with Crippen molar-refractivity contribution in [1.82, 2.24) is 5.32 Å². The van der Waals surface area contributed by atoms with Crippen molar-refractivity contribution in [3.05, 3.63) is 28.2 Å². The summed E-state index contributed by atoms with van der Waals surface area (Å²) < 4.78 is 6.18. The molecule has 4 nitrogen and oxygen atoms in total. The number of aryl methyl sites for hydroxylation is 1. The number of ether oxygens (including phenoxy) is 1. The molecule has 2 N–H and O–H groups in total. The Bertz CT molecular complexity index is 382. The van der Waals surface area contributed by atoms with Crippen LogP contribution in [0.3, 0.4) is 0 Å². The Kier molecular flexibility index (Phi) is 6.00. The number of hydrogen-bond acceptors (Lipinski definition) is 3. The van der Waals surface area contributed by atoms with E-state index in [9.17, 15) is 4.79 Å². The molecule has 0 spiro atoms. The van der Waals surface area contributed by atoms with E-state index >= 15 is 0 Å². The van der Waals surface area contributed by atoms with Crippen LogP contribution in [0.4, 0.5) is 0 Å². The van der Waals surface area contributed by atoms with Gasteiger partial charge in [-0.3, -0.25) is 4.79 Å². The molecule has 17 heavy (non-hydrogen) atoms. The number of hydrogen-bond donors (Lipinski definition) is 2. The van der Waals surface area contributed by atoms with Crippen LogP contribution in [0.1, 0.15) is 12.0 Å². The molecule has 0 bridgehead atoms. The second kappa shape index (κ2) is 7.29. The zero-order valence-electron chi connectivity index (χ0n) is 9.70. The van der Waals surface area contributed by atoms with E-state index in [1.165, 1.54) is 0 Å². The zero-order chi connectivity index (χ0) is 12.7. The molecule has 0 heterocycles. The van der Waals surface area contributed by atoms with Crippen molar-refractivity contribution in [1.29, 1.82) is 0 Å². The Balaban J connectivity index is 2.56. The number of amides is 1. The van der Waals surface area contributed by atoms with Gasteiger partial charge in [0, 0.05) is 17.4 Å². The number of rotatable bonds is 6. The Morgan fingerprint density at radius 3 is 2.94 bits per heavy atom. The molecule has 1 amide bonds. The molecule has 0 aliphatic carbocycles. The standard InChI is InChI=1S/C12H16BrNO3/c1-17-11-4-3-10(13)8-9(11)2-5-12(16)14-6-7-15/h3-4,8,15H,2,5-7H2,1H3,(H,14,16). The molecular formula is C12H16BrNO3. The van der Waals surface area contributed by atoms with Crippen LogP contribution in [0.2, 0.25) is 0 Å². The molecule has 1 aromatic carbocycles. The van der Waals surface area contributed by atoms with E-state index < -0.39 is 0 Å².